The number of hydrogen-bond donors (Lipinski definition) is 0. The van der Waals surface area contributed by atoms with E-state index in [9.17, 15) is 8.78 Å². The second kappa shape index (κ2) is 7.39. The lowest BCUT2D eigenvalue weighted by atomic mass is 10.3. The van der Waals surface area contributed by atoms with Crippen molar-refractivity contribution in [2.24, 2.45) is 7.05 Å². The molecule has 4 rings (SSSR count). The quantitative estimate of drug-likeness (QED) is 0.599. The number of aryl methyl sites for hydroxylation is 1. The van der Waals surface area contributed by atoms with Crippen molar-refractivity contribution < 1.29 is 25.8 Å². The van der Waals surface area contributed by atoms with Crippen molar-refractivity contribution in [2.45, 2.75) is 4.90 Å². The Morgan fingerprint density at radius 2 is 1.81 bits per heavy atom. The highest BCUT2D eigenvalue weighted by Crippen LogP contribution is 2.45. The average Bonchev–Trinajstić information content (AvgIpc) is 3.06. The number of thioether (sulfide) groups is 1. The van der Waals surface area contributed by atoms with E-state index in [1.807, 2.05) is 41.8 Å². The van der Waals surface area contributed by atoms with Crippen LogP contribution in [0.5, 0.6) is 0 Å². The third kappa shape index (κ3) is 3.37. The number of aromatic nitrogens is 1. The fourth-order valence-corrected chi connectivity index (χ4v) is 4.87. The van der Waals surface area contributed by atoms with E-state index in [4.69, 9.17) is 0 Å². The number of anilines is 1. The zero-order valence-electron chi connectivity index (χ0n) is 14.0. The van der Waals surface area contributed by atoms with Gasteiger partial charge in [0.2, 0.25) is 5.52 Å². The van der Waals surface area contributed by atoms with E-state index in [0.717, 1.165) is 30.8 Å². The Hall–Kier alpha value is -1.89. The van der Waals surface area contributed by atoms with Gasteiger partial charge in [-0.15, -0.1) is 0 Å². The number of benzene rings is 2. The zero-order valence-corrected chi connectivity index (χ0v) is 16.4. The molecule has 7 heteroatoms. The lowest BCUT2D eigenvalue weighted by Crippen LogP contribution is -3.00. The summed E-state index contributed by atoms with van der Waals surface area (Å²) < 4.78 is 29.9. The summed E-state index contributed by atoms with van der Waals surface area (Å²) in [6.45, 7) is 0. The van der Waals surface area contributed by atoms with Gasteiger partial charge in [-0.25, -0.2) is 8.78 Å². The number of rotatable bonds is 2. The molecule has 0 radical (unpaired) electrons. The summed E-state index contributed by atoms with van der Waals surface area (Å²) >= 11 is 3.23. The maximum absolute atomic E-state index is 13.4. The topological polar surface area (TPSA) is 7.12 Å². The molecule has 2 aromatic carbocycles. The molecule has 1 aliphatic rings. The van der Waals surface area contributed by atoms with Crippen molar-refractivity contribution in [3.63, 3.8) is 0 Å². The Kier molecular flexibility index (Phi) is 5.37. The predicted octanol–water partition coefficient (Wildman–Crippen LogP) is 2.10. The number of hydrogen-bond acceptors (Lipinski definition) is 3. The molecular formula is C19H15ClF2N2S2. The van der Waals surface area contributed by atoms with Gasteiger partial charge in [-0.1, -0.05) is 29.2 Å². The van der Waals surface area contributed by atoms with Crippen molar-refractivity contribution in [1.82, 2.24) is 0 Å². The number of nitrogens with zero attached hydrogens (tertiary/aromatic N) is 2. The van der Waals surface area contributed by atoms with Gasteiger partial charge in [-0.2, -0.15) is 4.57 Å². The van der Waals surface area contributed by atoms with Crippen LogP contribution in [0.15, 0.2) is 58.5 Å². The maximum atomic E-state index is 13.4. The van der Waals surface area contributed by atoms with Crippen LogP contribution in [0, 0.1) is 11.6 Å². The molecular weight excluding hydrogens is 394 g/mol. The fraction of sp³-hybridized carbons (Fsp3) is 0.105. The van der Waals surface area contributed by atoms with Crippen LogP contribution in [-0.4, -0.2) is 7.05 Å². The lowest BCUT2D eigenvalue weighted by molar-refractivity contribution is -0.642. The van der Waals surface area contributed by atoms with Crippen LogP contribution in [0.1, 0.15) is 5.01 Å². The van der Waals surface area contributed by atoms with E-state index in [0.29, 0.717) is 0 Å². The summed E-state index contributed by atoms with van der Waals surface area (Å²) in [6, 6.07) is 9.66. The average molecular weight is 409 g/mol. The molecule has 3 aromatic rings. The van der Waals surface area contributed by atoms with E-state index >= 15 is 0 Å². The minimum absolute atomic E-state index is 0. The van der Waals surface area contributed by atoms with Gasteiger partial charge in [0.05, 0.1) is 10.7 Å². The molecule has 134 valence electrons. The third-order valence-electron chi connectivity index (χ3n) is 4.13. The summed E-state index contributed by atoms with van der Waals surface area (Å²) in [7, 11) is 3.86. The molecule has 0 bridgehead atoms. The Morgan fingerprint density at radius 1 is 1.08 bits per heavy atom. The van der Waals surface area contributed by atoms with E-state index < -0.39 is 0 Å². The van der Waals surface area contributed by atoms with Crippen molar-refractivity contribution >= 4 is 45.1 Å². The zero-order chi connectivity index (χ0) is 17.6. The SMILES string of the molecule is CN1/C(=C/C=C/c2sc3ccc(F)cc3[n+]2C)Sc2ccc(F)cc21.[Cl-]. The number of allylic oxidation sites excluding steroid dienone is 2. The second-order valence-corrected chi connectivity index (χ2v) is 7.87. The van der Waals surface area contributed by atoms with Crippen LogP contribution in [0.4, 0.5) is 14.5 Å². The maximum Gasteiger partial charge on any atom is 0.262 e. The molecule has 0 saturated heterocycles. The van der Waals surface area contributed by atoms with Crippen LogP contribution in [0.3, 0.4) is 0 Å². The molecule has 0 spiro atoms. The van der Waals surface area contributed by atoms with E-state index in [2.05, 4.69) is 0 Å². The molecule has 0 unspecified atom stereocenters. The lowest BCUT2D eigenvalue weighted by Gasteiger charge is -2.12. The molecule has 0 fully saturated rings. The second-order valence-electron chi connectivity index (χ2n) is 5.75. The van der Waals surface area contributed by atoms with Crippen LogP contribution in [0.2, 0.25) is 0 Å². The van der Waals surface area contributed by atoms with Crippen LogP contribution in [-0.2, 0) is 7.05 Å². The molecule has 0 saturated carbocycles. The van der Waals surface area contributed by atoms with Gasteiger partial charge in [0, 0.05) is 24.1 Å². The molecule has 0 amide bonds. The van der Waals surface area contributed by atoms with Gasteiger partial charge >= 0.3 is 0 Å². The molecule has 0 aliphatic carbocycles. The summed E-state index contributed by atoms with van der Waals surface area (Å²) in [5.41, 5.74) is 1.76. The third-order valence-corrected chi connectivity index (χ3v) is 6.50. The van der Waals surface area contributed by atoms with Crippen molar-refractivity contribution in [1.29, 1.82) is 0 Å². The minimum Gasteiger partial charge on any atom is -1.00 e. The molecule has 2 nitrogen and oxygen atoms in total. The first-order valence-electron chi connectivity index (χ1n) is 7.70. The van der Waals surface area contributed by atoms with Crippen molar-refractivity contribution in [3.05, 3.63) is 70.2 Å². The Labute approximate surface area is 164 Å². The first-order chi connectivity index (χ1) is 12.0. The van der Waals surface area contributed by atoms with Gasteiger partial charge in [-0.05, 0) is 36.4 Å². The highest BCUT2D eigenvalue weighted by atomic mass is 35.5. The molecule has 2 heterocycles. The predicted molar refractivity (Wildman–Crippen MR) is 101 cm³/mol. The summed E-state index contributed by atoms with van der Waals surface area (Å²) in [6.07, 6.45) is 5.99. The fourth-order valence-electron chi connectivity index (χ4n) is 2.78. The molecule has 0 atom stereocenters. The summed E-state index contributed by atoms with van der Waals surface area (Å²) in [4.78, 5) is 3.03. The number of thiazole rings is 1. The number of halogens is 3. The monoisotopic (exact) mass is 408 g/mol. The largest absolute Gasteiger partial charge is 1.00 e. The smallest absolute Gasteiger partial charge is 0.262 e. The van der Waals surface area contributed by atoms with Crippen LogP contribution < -0.4 is 21.9 Å². The van der Waals surface area contributed by atoms with E-state index in [1.54, 1.807) is 47.4 Å². The van der Waals surface area contributed by atoms with E-state index in [-0.39, 0.29) is 24.0 Å². The molecule has 1 aliphatic heterocycles. The van der Waals surface area contributed by atoms with Crippen molar-refractivity contribution in [3.8, 4) is 0 Å². The molecule has 0 N–H and O–H groups in total. The first-order valence-corrected chi connectivity index (χ1v) is 9.34. The standard InChI is InChI=1S/C19H15F2N2S2.ClH/c1-22-14-10-12(20)6-8-16(14)24-18(22)4-3-5-19-23(2)15-11-13(21)7-9-17(15)25-19;/h3-11H,1-2H3;1H/q+1;/p-1. The number of fused-ring (bicyclic) bond motifs is 2. The van der Waals surface area contributed by atoms with Crippen molar-refractivity contribution in [2.75, 3.05) is 11.9 Å². The van der Waals surface area contributed by atoms with Gasteiger partial charge < -0.3 is 17.3 Å². The van der Waals surface area contributed by atoms with Crippen LogP contribution in [0.25, 0.3) is 16.3 Å². The van der Waals surface area contributed by atoms with E-state index in [1.165, 1.54) is 12.1 Å². The molecule has 1 aromatic heterocycles. The Balaban J connectivity index is 0.00000196. The van der Waals surface area contributed by atoms with Crippen LogP contribution >= 0.6 is 23.1 Å². The van der Waals surface area contributed by atoms with Gasteiger partial charge in [0.25, 0.3) is 5.01 Å². The molecule has 26 heavy (non-hydrogen) atoms. The minimum atomic E-state index is -0.229. The summed E-state index contributed by atoms with van der Waals surface area (Å²) in [5.74, 6) is -0.458. The Bertz CT molecular complexity index is 1040. The highest BCUT2D eigenvalue weighted by Gasteiger charge is 2.22. The highest BCUT2D eigenvalue weighted by molar-refractivity contribution is 8.03. The first kappa shape index (κ1) is 18.9. The Morgan fingerprint density at radius 3 is 2.62 bits per heavy atom. The van der Waals surface area contributed by atoms with Gasteiger partial charge in [-0.3, -0.25) is 0 Å². The normalized spacial score (nSPS) is 15.1. The van der Waals surface area contributed by atoms with Gasteiger partial charge in [0.1, 0.15) is 23.4 Å². The van der Waals surface area contributed by atoms with Gasteiger partial charge in [0.15, 0.2) is 0 Å². The summed E-state index contributed by atoms with van der Waals surface area (Å²) in [5, 5.41) is 2.07.